The molecule has 9 heteroatoms. The molecule has 0 bridgehead atoms. The zero-order valence-electron chi connectivity index (χ0n) is 16.5. The van der Waals surface area contributed by atoms with Crippen LogP contribution in [0.2, 0.25) is 0 Å². The number of hydrogen-bond acceptors (Lipinski definition) is 6. The first kappa shape index (κ1) is 20.2. The minimum Gasteiger partial charge on any atom is -0.486 e. The fraction of sp³-hybridized carbons (Fsp3) is 0.333. The monoisotopic (exact) mass is 430 g/mol. The average Bonchev–Trinajstić information content (AvgIpc) is 3.04. The largest absolute Gasteiger partial charge is 0.486 e. The maximum absolute atomic E-state index is 13.1. The minimum atomic E-state index is -3.31. The summed E-state index contributed by atoms with van der Waals surface area (Å²) < 4.78 is 34.5. The first-order chi connectivity index (χ1) is 14.3. The van der Waals surface area contributed by atoms with Gasteiger partial charge in [-0.25, -0.2) is 8.42 Å². The molecule has 1 atom stereocenters. The third kappa shape index (κ3) is 4.25. The molecule has 2 aliphatic heterocycles. The highest BCUT2D eigenvalue weighted by Crippen LogP contribution is 2.33. The van der Waals surface area contributed by atoms with Gasteiger partial charge in [0.05, 0.1) is 5.75 Å². The number of ether oxygens (including phenoxy) is 2. The van der Waals surface area contributed by atoms with Crippen LogP contribution in [0.3, 0.4) is 0 Å². The van der Waals surface area contributed by atoms with Crippen molar-refractivity contribution in [2.75, 3.05) is 30.5 Å². The van der Waals surface area contributed by atoms with Crippen LogP contribution in [0.1, 0.15) is 22.3 Å². The Kier molecular flexibility index (Phi) is 5.38. The van der Waals surface area contributed by atoms with Crippen LogP contribution >= 0.6 is 0 Å². The Balaban J connectivity index is 1.56. The van der Waals surface area contributed by atoms with Crippen molar-refractivity contribution in [3.63, 3.8) is 0 Å². The molecule has 0 saturated carbocycles. The zero-order valence-corrected chi connectivity index (χ0v) is 17.3. The molecule has 2 aromatic carbocycles. The summed E-state index contributed by atoms with van der Waals surface area (Å²) in [6, 6.07) is 11.3. The van der Waals surface area contributed by atoms with E-state index in [0.717, 1.165) is 11.8 Å². The molecule has 1 N–H and O–H groups in total. The highest BCUT2D eigenvalue weighted by Gasteiger charge is 2.36. The molecule has 2 amide bonds. The fourth-order valence-corrected chi connectivity index (χ4v) is 4.28. The fourth-order valence-electron chi connectivity index (χ4n) is 3.63. The second-order valence-electron chi connectivity index (χ2n) is 7.37. The molecular weight excluding hydrogens is 408 g/mol. The minimum absolute atomic E-state index is 0.00888. The van der Waals surface area contributed by atoms with E-state index >= 15 is 0 Å². The Bertz CT molecular complexity index is 1100. The third-order valence-corrected chi connectivity index (χ3v) is 6.08. The van der Waals surface area contributed by atoms with Crippen LogP contribution in [-0.4, -0.2) is 56.4 Å². The molecule has 2 aromatic rings. The van der Waals surface area contributed by atoms with Gasteiger partial charge in [0, 0.05) is 30.1 Å². The number of benzene rings is 2. The van der Waals surface area contributed by atoms with Gasteiger partial charge in [0.25, 0.3) is 5.91 Å². The average molecular weight is 430 g/mol. The second kappa shape index (κ2) is 7.98. The van der Waals surface area contributed by atoms with Gasteiger partial charge in [0.1, 0.15) is 29.1 Å². The second-order valence-corrected chi connectivity index (χ2v) is 9.63. The zero-order chi connectivity index (χ0) is 21.3. The van der Waals surface area contributed by atoms with E-state index < -0.39 is 21.8 Å². The lowest BCUT2D eigenvalue weighted by atomic mass is 10.1. The predicted octanol–water partition coefficient (Wildman–Crippen LogP) is 1.86. The molecule has 0 saturated heterocycles. The van der Waals surface area contributed by atoms with Crippen molar-refractivity contribution in [1.82, 2.24) is 4.90 Å². The Hall–Kier alpha value is -3.07. The van der Waals surface area contributed by atoms with Crippen molar-refractivity contribution in [2.45, 2.75) is 19.0 Å². The van der Waals surface area contributed by atoms with Gasteiger partial charge in [-0.2, -0.15) is 0 Å². The van der Waals surface area contributed by atoms with Crippen LogP contribution in [0.15, 0.2) is 42.5 Å². The molecule has 0 radical (unpaired) electrons. The number of anilines is 1. The quantitative estimate of drug-likeness (QED) is 0.751. The Labute approximate surface area is 174 Å². The van der Waals surface area contributed by atoms with Gasteiger partial charge in [-0.1, -0.05) is 18.2 Å². The van der Waals surface area contributed by atoms with Crippen molar-refractivity contribution >= 4 is 27.3 Å². The van der Waals surface area contributed by atoms with E-state index in [2.05, 4.69) is 5.32 Å². The lowest BCUT2D eigenvalue weighted by Gasteiger charge is -2.27. The number of carbonyl (C=O) groups excluding carboxylic acids is 2. The van der Waals surface area contributed by atoms with Gasteiger partial charge in [0.2, 0.25) is 5.91 Å². The van der Waals surface area contributed by atoms with Crippen LogP contribution < -0.4 is 14.8 Å². The van der Waals surface area contributed by atoms with Gasteiger partial charge < -0.3 is 19.7 Å². The standard InChI is InChI=1S/C21H22N2O6S/c1-30(26,27)11-8-17(23-13-14-4-2-3-5-16(14)21(23)25)20(24)22-15-6-7-18-19(12-15)29-10-9-28-18/h2-7,12,17H,8-11,13H2,1H3,(H,22,24)/t17-/m0/s1. The van der Waals surface area contributed by atoms with Crippen molar-refractivity contribution in [3.05, 3.63) is 53.6 Å². The summed E-state index contributed by atoms with van der Waals surface area (Å²) in [6.45, 7) is 1.14. The Morgan fingerprint density at radius 1 is 1.13 bits per heavy atom. The van der Waals surface area contributed by atoms with Crippen LogP contribution in [-0.2, 0) is 21.2 Å². The molecule has 0 unspecified atom stereocenters. The summed E-state index contributed by atoms with van der Waals surface area (Å²) in [4.78, 5) is 27.4. The highest BCUT2D eigenvalue weighted by atomic mass is 32.2. The number of sulfone groups is 1. The van der Waals surface area contributed by atoms with Crippen molar-refractivity contribution in [1.29, 1.82) is 0 Å². The number of carbonyl (C=O) groups is 2. The molecule has 158 valence electrons. The third-order valence-electron chi connectivity index (χ3n) is 5.10. The Morgan fingerprint density at radius 2 is 1.87 bits per heavy atom. The maximum Gasteiger partial charge on any atom is 0.255 e. The van der Waals surface area contributed by atoms with Gasteiger partial charge >= 0.3 is 0 Å². The molecule has 8 nitrogen and oxygen atoms in total. The summed E-state index contributed by atoms with van der Waals surface area (Å²) in [6.07, 6.45) is 1.12. The first-order valence-electron chi connectivity index (χ1n) is 9.59. The molecule has 0 aromatic heterocycles. The summed E-state index contributed by atoms with van der Waals surface area (Å²) in [7, 11) is -3.31. The van der Waals surface area contributed by atoms with Crippen LogP contribution in [0.4, 0.5) is 5.69 Å². The number of nitrogens with one attached hydrogen (secondary N) is 1. The van der Waals surface area contributed by atoms with Crippen LogP contribution in [0, 0.1) is 0 Å². The van der Waals surface area contributed by atoms with Gasteiger partial charge in [-0.05, 0) is 30.2 Å². The van der Waals surface area contributed by atoms with Gasteiger partial charge in [0.15, 0.2) is 11.5 Å². The lowest BCUT2D eigenvalue weighted by molar-refractivity contribution is -0.120. The number of hydrogen-bond donors (Lipinski definition) is 1. The lowest BCUT2D eigenvalue weighted by Crippen LogP contribution is -2.45. The maximum atomic E-state index is 13.1. The van der Waals surface area contributed by atoms with E-state index in [1.165, 1.54) is 4.90 Å². The number of fused-ring (bicyclic) bond motifs is 2. The molecule has 2 aliphatic rings. The normalized spacial score (nSPS) is 16.2. The van der Waals surface area contributed by atoms with Crippen LogP contribution in [0.25, 0.3) is 0 Å². The molecule has 0 fully saturated rings. The molecule has 2 heterocycles. The predicted molar refractivity (Wildman–Crippen MR) is 110 cm³/mol. The number of nitrogens with zero attached hydrogens (tertiary/aromatic N) is 1. The van der Waals surface area contributed by atoms with E-state index in [0.29, 0.717) is 36.0 Å². The summed E-state index contributed by atoms with van der Waals surface area (Å²) in [5, 5.41) is 2.79. The molecule has 4 rings (SSSR count). The highest BCUT2D eigenvalue weighted by molar-refractivity contribution is 7.90. The summed E-state index contributed by atoms with van der Waals surface area (Å²) in [5.41, 5.74) is 1.84. The number of rotatable bonds is 6. The topological polar surface area (TPSA) is 102 Å². The summed E-state index contributed by atoms with van der Waals surface area (Å²) in [5.74, 6) is 0.194. The van der Waals surface area contributed by atoms with Crippen molar-refractivity contribution in [2.24, 2.45) is 0 Å². The molecule has 0 aliphatic carbocycles. The molecule has 30 heavy (non-hydrogen) atoms. The first-order valence-corrected chi connectivity index (χ1v) is 11.6. The SMILES string of the molecule is CS(=O)(=O)CC[C@@H](C(=O)Nc1ccc2c(c1)OCCO2)N1Cc2ccccc2C1=O. The van der Waals surface area contributed by atoms with E-state index in [1.54, 1.807) is 30.3 Å². The molecular formula is C21H22N2O6S. The smallest absolute Gasteiger partial charge is 0.255 e. The van der Waals surface area contributed by atoms with E-state index in [9.17, 15) is 18.0 Å². The van der Waals surface area contributed by atoms with E-state index in [1.807, 2.05) is 12.1 Å². The van der Waals surface area contributed by atoms with E-state index in [-0.39, 0.29) is 24.6 Å². The van der Waals surface area contributed by atoms with Crippen LogP contribution in [0.5, 0.6) is 11.5 Å². The summed E-state index contributed by atoms with van der Waals surface area (Å²) >= 11 is 0. The van der Waals surface area contributed by atoms with Gasteiger partial charge in [-0.3, -0.25) is 9.59 Å². The Morgan fingerprint density at radius 3 is 2.60 bits per heavy atom. The number of amides is 2. The van der Waals surface area contributed by atoms with Crippen molar-refractivity contribution in [3.8, 4) is 11.5 Å². The van der Waals surface area contributed by atoms with E-state index in [4.69, 9.17) is 9.47 Å². The van der Waals surface area contributed by atoms with Gasteiger partial charge in [-0.15, -0.1) is 0 Å². The van der Waals surface area contributed by atoms with Crippen molar-refractivity contribution < 1.29 is 27.5 Å². The molecule has 0 spiro atoms.